The van der Waals surface area contributed by atoms with E-state index in [-0.39, 0.29) is 24.8 Å². The summed E-state index contributed by atoms with van der Waals surface area (Å²) in [6.07, 6.45) is -0.335. The molecule has 5 nitrogen and oxygen atoms in total. The molecule has 24 heavy (non-hydrogen) atoms. The maximum absolute atomic E-state index is 13.3. The first-order valence-electron chi connectivity index (χ1n) is 8.14. The van der Waals surface area contributed by atoms with E-state index >= 15 is 0 Å². The van der Waals surface area contributed by atoms with Gasteiger partial charge in [-0.2, -0.15) is 0 Å². The molecule has 0 unspecified atom stereocenters. The van der Waals surface area contributed by atoms with Gasteiger partial charge in [0.2, 0.25) is 0 Å². The van der Waals surface area contributed by atoms with E-state index < -0.39 is 0 Å². The molecule has 0 bridgehead atoms. The van der Waals surface area contributed by atoms with E-state index in [1.807, 2.05) is 67.6 Å². The molecular formula is C19H22N2O3. The summed E-state index contributed by atoms with van der Waals surface area (Å²) in [5, 5.41) is 9.37. The minimum atomic E-state index is -0.335. The Balaban J connectivity index is 1.95. The monoisotopic (exact) mass is 326 g/mol. The van der Waals surface area contributed by atoms with Crippen LogP contribution in [0.25, 0.3) is 0 Å². The van der Waals surface area contributed by atoms with E-state index in [1.165, 1.54) is 0 Å². The molecule has 1 fully saturated rings. The number of carbonyl (C=O) groups is 1. The van der Waals surface area contributed by atoms with Gasteiger partial charge in [-0.25, -0.2) is 4.79 Å². The lowest BCUT2D eigenvalue weighted by Crippen LogP contribution is -2.55. The fourth-order valence-corrected chi connectivity index (χ4v) is 2.85. The molecule has 1 aliphatic rings. The fraction of sp³-hybridized carbons (Fsp3) is 0.316. The lowest BCUT2D eigenvalue weighted by Gasteiger charge is -2.40. The van der Waals surface area contributed by atoms with Crippen molar-refractivity contribution in [1.82, 2.24) is 4.90 Å². The number of benzene rings is 2. The summed E-state index contributed by atoms with van der Waals surface area (Å²) >= 11 is 0. The van der Waals surface area contributed by atoms with Crippen LogP contribution in [0, 0.1) is 0 Å². The zero-order chi connectivity index (χ0) is 16.9. The number of carbonyl (C=O) groups excluding carboxylic acids is 1. The quantitative estimate of drug-likeness (QED) is 0.943. The molecule has 2 atom stereocenters. The van der Waals surface area contributed by atoms with Crippen LogP contribution in [0.4, 0.5) is 16.2 Å². The number of morpholine rings is 1. The molecule has 0 aromatic heterocycles. The van der Waals surface area contributed by atoms with Gasteiger partial charge in [-0.3, -0.25) is 4.90 Å². The van der Waals surface area contributed by atoms with Crippen molar-refractivity contribution in [2.75, 3.05) is 24.7 Å². The normalized spacial score (nSPS) is 20.7. The van der Waals surface area contributed by atoms with Gasteiger partial charge in [-0.15, -0.1) is 0 Å². The Hall–Kier alpha value is -2.37. The van der Waals surface area contributed by atoms with Crippen molar-refractivity contribution in [1.29, 1.82) is 0 Å². The highest BCUT2D eigenvalue weighted by atomic mass is 16.5. The van der Waals surface area contributed by atoms with Crippen LogP contribution in [0.1, 0.15) is 6.92 Å². The van der Waals surface area contributed by atoms with Crippen molar-refractivity contribution in [3.8, 4) is 0 Å². The van der Waals surface area contributed by atoms with Crippen molar-refractivity contribution < 1.29 is 14.6 Å². The number of ether oxygens (including phenoxy) is 1. The molecule has 1 aliphatic heterocycles. The van der Waals surface area contributed by atoms with Gasteiger partial charge in [0.15, 0.2) is 0 Å². The summed E-state index contributed by atoms with van der Waals surface area (Å²) in [5.41, 5.74) is 1.63. The summed E-state index contributed by atoms with van der Waals surface area (Å²) in [5.74, 6) is 0. The third-order valence-electron chi connectivity index (χ3n) is 4.17. The fourth-order valence-electron chi connectivity index (χ4n) is 2.85. The smallest absolute Gasteiger partial charge is 0.329 e. The van der Waals surface area contributed by atoms with Gasteiger partial charge >= 0.3 is 6.03 Å². The van der Waals surface area contributed by atoms with E-state index in [0.717, 1.165) is 11.4 Å². The van der Waals surface area contributed by atoms with Crippen molar-refractivity contribution in [3.63, 3.8) is 0 Å². The number of para-hydroxylation sites is 2. The Morgan fingerprint density at radius 2 is 1.67 bits per heavy atom. The summed E-state index contributed by atoms with van der Waals surface area (Å²) in [6, 6.07) is 19.0. The molecule has 2 amide bonds. The van der Waals surface area contributed by atoms with Gasteiger partial charge in [-0.05, 0) is 31.2 Å². The standard InChI is InChI=1S/C19H22N2O3/c1-15-14-24-18(13-22)12-20(15)19(23)21(16-8-4-2-5-9-16)17-10-6-3-7-11-17/h2-11,15,18,22H,12-14H2,1H3/t15-,18-/m0/s1. The van der Waals surface area contributed by atoms with Crippen molar-refractivity contribution in [2.24, 2.45) is 0 Å². The van der Waals surface area contributed by atoms with Gasteiger partial charge in [0.1, 0.15) is 0 Å². The Labute approximate surface area is 142 Å². The van der Waals surface area contributed by atoms with Crippen LogP contribution in [0.5, 0.6) is 0 Å². The van der Waals surface area contributed by atoms with E-state index in [4.69, 9.17) is 4.74 Å². The van der Waals surface area contributed by atoms with Gasteiger partial charge in [0.05, 0.1) is 43.3 Å². The van der Waals surface area contributed by atoms with Gasteiger partial charge in [-0.1, -0.05) is 36.4 Å². The van der Waals surface area contributed by atoms with Gasteiger partial charge < -0.3 is 14.7 Å². The SMILES string of the molecule is C[C@H]1CO[C@H](CO)CN1C(=O)N(c1ccccc1)c1ccccc1. The van der Waals surface area contributed by atoms with Crippen LogP contribution in [0.2, 0.25) is 0 Å². The second-order valence-electron chi connectivity index (χ2n) is 5.93. The zero-order valence-electron chi connectivity index (χ0n) is 13.7. The molecule has 3 rings (SSSR count). The number of hydrogen-bond donors (Lipinski definition) is 1. The Morgan fingerprint density at radius 1 is 1.12 bits per heavy atom. The summed E-state index contributed by atoms with van der Waals surface area (Å²) in [6.45, 7) is 2.67. The third-order valence-corrected chi connectivity index (χ3v) is 4.17. The number of amides is 2. The van der Waals surface area contributed by atoms with E-state index in [1.54, 1.807) is 9.80 Å². The topological polar surface area (TPSA) is 53.0 Å². The number of rotatable bonds is 3. The van der Waals surface area contributed by atoms with Crippen molar-refractivity contribution in [2.45, 2.75) is 19.1 Å². The first-order chi connectivity index (χ1) is 11.7. The van der Waals surface area contributed by atoms with Crippen molar-refractivity contribution >= 4 is 17.4 Å². The van der Waals surface area contributed by atoms with Crippen LogP contribution >= 0.6 is 0 Å². The second kappa shape index (κ2) is 7.47. The van der Waals surface area contributed by atoms with Crippen LogP contribution in [-0.2, 0) is 4.74 Å². The molecular weight excluding hydrogens is 304 g/mol. The molecule has 0 spiro atoms. The molecule has 1 N–H and O–H groups in total. The average Bonchev–Trinajstić information content (AvgIpc) is 2.64. The number of hydrogen-bond acceptors (Lipinski definition) is 3. The molecule has 1 saturated heterocycles. The summed E-state index contributed by atoms with van der Waals surface area (Å²) in [7, 11) is 0. The summed E-state index contributed by atoms with van der Waals surface area (Å²) < 4.78 is 5.55. The Morgan fingerprint density at radius 3 is 2.17 bits per heavy atom. The van der Waals surface area contributed by atoms with E-state index in [0.29, 0.717) is 13.2 Å². The third kappa shape index (κ3) is 3.42. The first-order valence-corrected chi connectivity index (χ1v) is 8.14. The lowest BCUT2D eigenvalue weighted by atomic mass is 10.2. The number of aliphatic hydroxyl groups excluding tert-OH is 1. The minimum absolute atomic E-state index is 0.0461. The maximum atomic E-state index is 13.3. The number of urea groups is 1. The largest absolute Gasteiger partial charge is 0.394 e. The zero-order valence-corrected chi connectivity index (χ0v) is 13.7. The maximum Gasteiger partial charge on any atom is 0.329 e. The van der Waals surface area contributed by atoms with E-state index in [2.05, 4.69) is 0 Å². The van der Waals surface area contributed by atoms with Gasteiger partial charge in [0.25, 0.3) is 0 Å². The molecule has 2 aromatic rings. The molecule has 1 heterocycles. The lowest BCUT2D eigenvalue weighted by molar-refractivity contribution is -0.0617. The molecule has 5 heteroatoms. The molecule has 2 aromatic carbocycles. The summed E-state index contributed by atoms with van der Waals surface area (Å²) in [4.78, 5) is 16.8. The molecule has 0 aliphatic carbocycles. The molecule has 0 radical (unpaired) electrons. The van der Waals surface area contributed by atoms with Crippen LogP contribution in [-0.4, -0.2) is 47.9 Å². The van der Waals surface area contributed by atoms with Crippen LogP contribution in [0.15, 0.2) is 60.7 Å². The van der Waals surface area contributed by atoms with Crippen molar-refractivity contribution in [3.05, 3.63) is 60.7 Å². The van der Waals surface area contributed by atoms with Gasteiger partial charge in [0, 0.05) is 0 Å². The Bertz CT molecular complexity index is 623. The predicted octanol–water partition coefficient (Wildman–Crippen LogP) is 3.03. The highest BCUT2D eigenvalue weighted by Gasteiger charge is 2.33. The first kappa shape index (κ1) is 16.5. The number of anilines is 2. The predicted molar refractivity (Wildman–Crippen MR) is 93.4 cm³/mol. The minimum Gasteiger partial charge on any atom is -0.394 e. The van der Waals surface area contributed by atoms with E-state index in [9.17, 15) is 9.90 Å². The van der Waals surface area contributed by atoms with Crippen LogP contribution in [0.3, 0.4) is 0 Å². The highest BCUT2D eigenvalue weighted by molar-refractivity contribution is 5.99. The average molecular weight is 326 g/mol. The number of aliphatic hydroxyl groups is 1. The number of nitrogens with zero attached hydrogens (tertiary/aromatic N) is 2. The molecule has 0 saturated carbocycles. The van der Waals surface area contributed by atoms with Crippen LogP contribution < -0.4 is 4.90 Å². The molecule has 126 valence electrons. The highest BCUT2D eigenvalue weighted by Crippen LogP contribution is 2.28. The Kier molecular flexibility index (Phi) is 5.13. The second-order valence-corrected chi connectivity index (χ2v) is 5.93.